The second-order valence-electron chi connectivity index (χ2n) is 6.94. The van der Waals surface area contributed by atoms with Gasteiger partial charge in [0.05, 0.1) is 17.6 Å². The predicted molar refractivity (Wildman–Crippen MR) is 120 cm³/mol. The van der Waals surface area contributed by atoms with Gasteiger partial charge in [-0.3, -0.25) is 10.1 Å². The van der Waals surface area contributed by atoms with Crippen LogP contribution in [0.1, 0.15) is 15.9 Å². The highest BCUT2D eigenvalue weighted by molar-refractivity contribution is 7.88. The molecule has 154 valence electrons. The molecule has 29 heavy (non-hydrogen) atoms. The first-order valence-corrected chi connectivity index (χ1v) is 11.5. The second-order valence-corrected chi connectivity index (χ2v) is 9.33. The van der Waals surface area contributed by atoms with Crippen molar-refractivity contribution in [2.45, 2.75) is 6.92 Å². The van der Waals surface area contributed by atoms with Crippen molar-refractivity contribution in [1.82, 2.24) is 9.62 Å². The molecule has 3 rings (SSSR count). The van der Waals surface area contributed by atoms with Crippen LogP contribution in [0.3, 0.4) is 0 Å². The van der Waals surface area contributed by atoms with Crippen molar-refractivity contribution in [1.29, 1.82) is 0 Å². The molecule has 2 aromatic rings. The normalized spacial score (nSPS) is 15.0. The molecule has 0 bridgehead atoms. The number of carbonyl (C=O) groups is 1. The molecule has 1 heterocycles. The van der Waals surface area contributed by atoms with Gasteiger partial charge in [-0.05, 0) is 43.4 Å². The SMILES string of the molecule is Cc1ccc(C(=O)NC(=S)Nc2ccccc2N2CCN(S(C)(=O)=O)CC2)cc1. The highest BCUT2D eigenvalue weighted by Gasteiger charge is 2.24. The molecule has 0 radical (unpaired) electrons. The zero-order chi connectivity index (χ0) is 21.0. The molecule has 1 fully saturated rings. The molecule has 1 amide bonds. The Morgan fingerprint density at radius 3 is 2.24 bits per heavy atom. The monoisotopic (exact) mass is 432 g/mol. The van der Waals surface area contributed by atoms with Gasteiger partial charge in [0, 0.05) is 31.7 Å². The van der Waals surface area contributed by atoms with Crippen LogP contribution in [0, 0.1) is 6.92 Å². The number of hydrogen-bond acceptors (Lipinski definition) is 5. The van der Waals surface area contributed by atoms with Crippen molar-refractivity contribution in [3.05, 3.63) is 59.7 Å². The van der Waals surface area contributed by atoms with Crippen LogP contribution in [0.15, 0.2) is 48.5 Å². The zero-order valence-corrected chi connectivity index (χ0v) is 18.0. The summed E-state index contributed by atoms with van der Waals surface area (Å²) >= 11 is 5.32. The Kier molecular flexibility index (Phi) is 6.51. The molecule has 0 aliphatic carbocycles. The van der Waals surface area contributed by atoms with Gasteiger partial charge in [-0.15, -0.1) is 0 Å². The first-order chi connectivity index (χ1) is 13.7. The molecule has 2 aromatic carbocycles. The third-order valence-electron chi connectivity index (χ3n) is 4.74. The van der Waals surface area contributed by atoms with Crippen LogP contribution in [0.2, 0.25) is 0 Å². The van der Waals surface area contributed by atoms with Crippen LogP contribution in [0.4, 0.5) is 11.4 Å². The summed E-state index contributed by atoms with van der Waals surface area (Å²) in [4.78, 5) is 14.5. The minimum Gasteiger partial charge on any atom is -0.367 e. The summed E-state index contributed by atoms with van der Waals surface area (Å²) in [6.45, 7) is 3.98. The van der Waals surface area contributed by atoms with E-state index in [-0.39, 0.29) is 11.0 Å². The summed E-state index contributed by atoms with van der Waals surface area (Å²) in [5.74, 6) is -0.276. The van der Waals surface area contributed by atoms with Crippen molar-refractivity contribution in [3.8, 4) is 0 Å². The fourth-order valence-electron chi connectivity index (χ4n) is 3.15. The number of para-hydroxylation sites is 2. The van der Waals surface area contributed by atoms with Crippen LogP contribution in [-0.4, -0.2) is 56.2 Å². The number of benzene rings is 2. The fourth-order valence-corrected chi connectivity index (χ4v) is 4.18. The number of piperazine rings is 1. The topological polar surface area (TPSA) is 81.8 Å². The van der Waals surface area contributed by atoms with Gasteiger partial charge in [-0.25, -0.2) is 8.42 Å². The maximum atomic E-state index is 12.4. The number of nitrogens with zero attached hydrogens (tertiary/aromatic N) is 2. The third-order valence-corrected chi connectivity index (χ3v) is 6.25. The molecule has 0 unspecified atom stereocenters. The molecule has 1 aliphatic rings. The van der Waals surface area contributed by atoms with Crippen molar-refractivity contribution in [2.24, 2.45) is 0 Å². The number of anilines is 2. The Labute approximate surface area is 176 Å². The summed E-state index contributed by atoms with van der Waals surface area (Å²) in [6.07, 6.45) is 1.23. The molecular formula is C20H24N4O3S2. The van der Waals surface area contributed by atoms with Crippen molar-refractivity contribution in [2.75, 3.05) is 42.7 Å². The molecule has 0 atom stereocenters. The number of rotatable bonds is 4. The Hall–Kier alpha value is -2.49. The summed E-state index contributed by atoms with van der Waals surface area (Å²) in [5.41, 5.74) is 3.28. The van der Waals surface area contributed by atoms with E-state index in [4.69, 9.17) is 12.2 Å². The molecule has 0 aromatic heterocycles. The van der Waals surface area contributed by atoms with Gasteiger partial charge >= 0.3 is 0 Å². The maximum Gasteiger partial charge on any atom is 0.257 e. The lowest BCUT2D eigenvalue weighted by atomic mass is 10.1. The van der Waals surface area contributed by atoms with E-state index in [9.17, 15) is 13.2 Å². The number of thiocarbonyl (C=S) groups is 1. The van der Waals surface area contributed by atoms with Gasteiger partial charge in [-0.1, -0.05) is 29.8 Å². The minimum atomic E-state index is -3.18. The van der Waals surface area contributed by atoms with E-state index in [1.165, 1.54) is 10.6 Å². The van der Waals surface area contributed by atoms with E-state index in [1.807, 2.05) is 43.3 Å². The molecule has 9 heteroatoms. The summed E-state index contributed by atoms with van der Waals surface area (Å²) in [5, 5.41) is 5.99. The van der Waals surface area contributed by atoms with Crippen molar-refractivity contribution < 1.29 is 13.2 Å². The zero-order valence-electron chi connectivity index (χ0n) is 16.4. The minimum absolute atomic E-state index is 0.206. The highest BCUT2D eigenvalue weighted by atomic mass is 32.2. The first-order valence-electron chi connectivity index (χ1n) is 9.22. The first kappa shape index (κ1) is 21.2. The van der Waals surface area contributed by atoms with Gasteiger partial charge in [0.2, 0.25) is 10.0 Å². The molecule has 0 spiro atoms. The summed E-state index contributed by atoms with van der Waals surface area (Å²) in [7, 11) is -3.18. The highest BCUT2D eigenvalue weighted by Crippen LogP contribution is 2.27. The number of aryl methyl sites for hydroxylation is 1. The van der Waals surface area contributed by atoms with E-state index < -0.39 is 10.0 Å². The van der Waals surface area contributed by atoms with Crippen LogP contribution in [-0.2, 0) is 10.0 Å². The fraction of sp³-hybridized carbons (Fsp3) is 0.300. The van der Waals surface area contributed by atoms with Gasteiger partial charge in [-0.2, -0.15) is 4.31 Å². The number of nitrogens with one attached hydrogen (secondary N) is 2. The van der Waals surface area contributed by atoms with E-state index in [2.05, 4.69) is 15.5 Å². The Balaban J connectivity index is 1.65. The second kappa shape index (κ2) is 8.89. The van der Waals surface area contributed by atoms with Gasteiger partial charge in [0.15, 0.2) is 5.11 Å². The molecule has 1 saturated heterocycles. The van der Waals surface area contributed by atoms with Crippen molar-refractivity contribution >= 4 is 44.6 Å². The van der Waals surface area contributed by atoms with E-state index in [1.54, 1.807) is 12.1 Å². The Morgan fingerprint density at radius 2 is 1.62 bits per heavy atom. The molecule has 7 nitrogen and oxygen atoms in total. The molecule has 0 saturated carbocycles. The molecule has 2 N–H and O–H groups in total. The predicted octanol–water partition coefficient (Wildman–Crippen LogP) is 2.20. The van der Waals surface area contributed by atoms with Gasteiger partial charge in [0.25, 0.3) is 5.91 Å². The number of hydrogen-bond donors (Lipinski definition) is 2. The van der Waals surface area contributed by atoms with Crippen LogP contribution in [0.25, 0.3) is 0 Å². The van der Waals surface area contributed by atoms with Gasteiger partial charge < -0.3 is 10.2 Å². The Morgan fingerprint density at radius 1 is 1.00 bits per heavy atom. The van der Waals surface area contributed by atoms with Crippen LogP contribution < -0.4 is 15.5 Å². The smallest absolute Gasteiger partial charge is 0.257 e. The standard InChI is InChI=1S/C20H24N4O3S2/c1-15-7-9-16(10-8-15)19(25)22-20(28)21-17-5-3-4-6-18(17)23-11-13-24(14-12-23)29(2,26)27/h3-10H,11-14H2,1-2H3,(H2,21,22,25,28). The molecular weight excluding hydrogens is 408 g/mol. The van der Waals surface area contributed by atoms with E-state index >= 15 is 0 Å². The molecule has 1 aliphatic heterocycles. The van der Waals surface area contributed by atoms with Crippen molar-refractivity contribution in [3.63, 3.8) is 0 Å². The van der Waals surface area contributed by atoms with Crippen LogP contribution >= 0.6 is 12.2 Å². The van der Waals surface area contributed by atoms with Crippen LogP contribution in [0.5, 0.6) is 0 Å². The number of carbonyl (C=O) groups excluding carboxylic acids is 1. The lowest BCUT2D eigenvalue weighted by Gasteiger charge is -2.35. The third kappa shape index (κ3) is 5.53. The quantitative estimate of drug-likeness (QED) is 0.721. The largest absolute Gasteiger partial charge is 0.367 e. The Bertz CT molecular complexity index is 999. The summed E-state index contributed by atoms with van der Waals surface area (Å²) < 4.78 is 24.9. The summed E-state index contributed by atoms with van der Waals surface area (Å²) in [6, 6.07) is 14.9. The van der Waals surface area contributed by atoms with Gasteiger partial charge in [0.1, 0.15) is 0 Å². The average Bonchev–Trinajstić information content (AvgIpc) is 2.68. The average molecular weight is 433 g/mol. The lowest BCUT2D eigenvalue weighted by molar-refractivity contribution is 0.0977. The maximum absolute atomic E-state index is 12.4. The number of amides is 1. The lowest BCUT2D eigenvalue weighted by Crippen LogP contribution is -2.48. The van der Waals surface area contributed by atoms with E-state index in [0.717, 1.165) is 16.9 Å². The van der Waals surface area contributed by atoms with E-state index in [0.29, 0.717) is 31.7 Å². The number of sulfonamides is 1.